The predicted octanol–water partition coefficient (Wildman–Crippen LogP) is 2.98. The Labute approximate surface area is 94.2 Å². The molecule has 0 amide bonds. The van der Waals surface area contributed by atoms with E-state index in [4.69, 9.17) is 29.1 Å². The first-order chi connectivity index (χ1) is 6.13. The molecule has 1 aromatic rings. The highest BCUT2D eigenvalue weighted by Crippen LogP contribution is 2.25. The number of guanidine groups is 1. The van der Waals surface area contributed by atoms with E-state index < -0.39 is 0 Å². The lowest BCUT2D eigenvalue weighted by molar-refractivity contribution is 1.52. The second-order valence-electron chi connectivity index (χ2n) is 2.22. The molecule has 0 aliphatic carbocycles. The lowest BCUT2D eigenvalue weighted by atomic mass is 10.3. The van der Waals surface area contributed by atoms with Crippen LogP contribution in [0.2, 0.25) is 5.02 Å². The summed E-state index contributed by atoms with van der Waals surface area (Å²) in [5.74, 6) is 0.129. The largest absolute Gasteiger partial charge is 0.369 e. The molecule has 0 bridgehead atoms. The molecule has 0 radical (unpaired) electrons. The van der Waals surface area contributed by atoms with Gasteiger partial charge in [0.15, 0.2) is 0 Å². The van der Waals surface area contributed by atoms with E-state index in [-0.39, 0.29) is 5.96 Å². The Morgan fingerprint density at radius 1 is 1.54 bits per heavy atom. The molecule has 0 aromatic heterocycles. The van der Waals surface area contributed by atoms with Crippen LogP contribution in [0.25, 0.3) is 0 Å². The molecule has 70 valence electrons. The van der Waals surface area contributed by atoms with Crippen molar-refractivity contribution in [3.8, 4) is 0 Å². The lowest BCUT2D eigenvalue weighted by Crippen LogP contribution is -2.21. The van der Waals surface area contributed by atoms with Crippen LogP contribution in [0, 0.1) is 0 Å². The summed E-state index contributed by atoms with van der Waals surface area (Å²) in [4.78, 5) is 0. The minimum Gasteiger partial charge on any atom is -0.369 e. The van der Waals surface area contributed by atoms with Gasteiger partial charge in [-0.15, -0.1) is 4.51 Å². The Hall–Kier alpha value is -0.450. The van der Waals surface area contributed by atoms with Crippen molar-refractivity contribution in [3.63, 3.8) is 0 Å². The van der Waals surface area contributed by atoms with Gasteiger partial charge >= 0.3 is 0 Å². The minimum atomic E-state index is 0.129. The van der Waals surface area contributed by atoms with E-state index >= 15 is 0 Å². The Kier molecular flexibility index (Phi) is 3.84. The molecule has 0 fully saturated rings. The van der Waals surface area contributed by atoms with E-state index in [2.05, 4.69) is 25.8 Å². The molecule has 3 N–H and O–H groups in total. The molecule has 0 unspecified atom stereocenters. The average Bonchev–Trinajstić information content (AvgIpc) is 2.09. The normalized spacial score (nSPS) is 11.5. The third-order valence-corrected chi connectivity index (χ3v) is 2.36. The van der Waals surface area contributed by atoms with Crippen molar-refractivity contribution in [3.05, 3.63) is 27.7 Å². The standard InChI is InChI=1S/C7H6BrCl2N3/c8-5-3-4(9)1-2-6(5)12-7(11)13-10/h1-3H,(H3,11,12,13). The summed E-state index contributed by atoms with van der Waals surface area (Å²) >= 11 is 14.2. The van der Waals surface area contributed by atoms with E-state index in [1.165, 1.54) is 0 Å². The fourth-order valence-corrected chi connectivity index (χ4v) is 1.57. The topological polar surface area (TPSA) is 50.4 Å². The number of nitrogens with zero attached hydrogens (tertiary/aromatic N) is 1. The molecule has 6 heteroatoms. The van der Waals surface area contributed by atoms with Crippen molar-refractivity contribution < 1.29 is 0 Å². The molecule has 0 atom stereocenters. The summed E-state index contributed by atoms with van der Waals surface area (Å²) in [6.45, 7) is 0. The monoisotopic (exact) mass is 281 g/mol. The molecule has 3 nitrogen and oxygen atoms in total. The molecule has 0 spiro atoms. The Morgan fingerprint density at radius 2 is 2.23 bits per heavy atom. The molecule has 0 aliphatic heterocycles. The van der Waals surface area contributed by atoms with Gasteiger partial charge in [-0.05, 0) is 34.1 Å². The Balaban J connectivity index is 2.90. The molecule has 0 aliphatic rings. The average molecular weight is 283 g/mol. The van der Waals surface area contributed by atoms with E-state index in [0.717, 1.165) is 10.2 Å². The number of hydrogen-bond donors (Lipinski definition) is 2. The molecular formula is C7H6BrCl2N3. The summed E-state index contributed by atoms with van der Waals surface area (Å²) in [5.41, 5.74) is 6.12. The van der Waals surface area contributed by atoms with Gasteiger partial charge in [0.25, 0.3) is 0 Å². The third kappa shape index (κ3) is 3.06. The minimum absolute atomic E-state index is 0.129. The van der Waals surface area contributed by atoms with Crippen molar-refractivity contribution in [1.82, 2.24) is 0 Å². The summed E-state index contributed by atoms with van der Waals surface area (Å²) in [6.07, 6.45) is 0. The summed E-state index contributed by atoms with van der Waals surface area (Å²) in [5, 5.41) is 3.42. The summed E-state index contributed by atoms with van der Waals surface area (Å²) < 4.78 is 4.04. The second-order valence-corrected chi connectivity index (χ2v) is 3.68. The van der Waals surface area contributed by atoms with Gasteiger partial charge < -0.3 is 11.1 Å². The van der Waals surface area contributed by atoms with E-state index in [0.29, 0.717) is 5.02 Å². The van der Waals surface area contributed by atoms with Crippen molar-refractivity contribution in [2.45, 2.75) is 0 Å². The van der Waals surface area contributed by atoms with Gasteiger partial charge in [0, 0.05) is 21.3 Å². The Morgan fingerprint density at radius 3 is 2.77 bits per heavy atom. The van der Waals surface area contributed by atoms with Gasteiger partial charge in [-0.1, -0.05) is 11.6 Å². The van der Waals surface area contributed by atoms with Crippen molar-refractivity contribution in [2.75, 3.05) is 5.32 Å². The molecule has 13 heavy (non-hydrogen) atoms. The van der Waals surface area contributed by atoms with E-state index in [9.17, 15) is 0 Å². The molecule has 0 saturated heterocycles. The molecule has 0 heterocycles. The van der Waals surface area contributed by atoms with Gasteiger partial charge in [0.05, 0.1) is 5.69 Å². The highest BCUT2D eigenvalue weighted by Gasteiger charge is 2.00. The van der Waals surface area contributed by atoms with E-state index in [1.54, 1.807) is 18.2 Å². The first kappa shape index (κ1) is 10.6. The lowest BCUT2D eigenvalue weighted by Gasteiger charge is -2.06. The fourth-order valence-electron chi connectivity index (χ4n) is 0.750. The van der Waals surface area contributed by atoms with Crippen LogP contribution in [0.3, 0.4) is 0 Å². The van der Waals surface area contributed by atoms with Crippen molar-refractivity contribution >= 4 is 51.0 Å². The maximum Gasteiger partial charge on any atom is 0.210 e. The van der Waals surface area contributed by atoms with Gasteiger partial charge in [-0.25, -0.2) is 0 Å². The molecule has 1 rings (SSSR count). The molecular weight excluding hydrogens is 277 g/mol. The summed E-state index contributed by atoms with van der Waals surface area (Å²) in [6, 6.07) is 5.24. The number of anilines is 1. The van der Waals surface area contributed by atoms with Crippen LogP contribution in [-0.4, -0.2) is 5.96 Å². The summed E-state index contributed by atoms with van der Waals surface area (Å²) in [7, 11) is 0. The van der Waals surface area contributed by atoms with Crippen LogP contribution >= 0.6 is 39.3 Å². The van der Waals surface area contributed by atoms with Gasteiger partial charge in [-0.3, -0.25) is 0 Å². The number of rotatable bonds is 1. The SMILES string of the molecule is NC(=NCl)Nc1ccc(Cl)cc1Br. The van der Waals surface area contributed by atoms with Crippen LogP contribution in [-0.2, 0) is 0 Å². The van der Waals surface area contributed by atoms with Crippen LogP contribution in [0.5, 0.6) is 0 Å². The number of hydrogen-bond acceptors (Lipinski definition) is 1. The van der Waals surface area contributed by atoms with Gasteiger partial charge in [0.1, 0.15) is 0 Å². The number of halogens is 3. The van der Waals surface area contributed by atoms with Crippen LogP contribution in [0.4, 0.5) is 5.69 Å². The van der Waals surface area contributed by atoms with Crippen molar-refractivity contribution in [1.29, 1.82) is 0 Å². The zero-order chi connectivity index (χ0) is 9.84. The number of nitrogens with one attached hydrogen (secondary N) is 1. The maximum atomic E-state index is 5.74. The van der Waals surface area contributed by atoms with Crippen LogP contribution in [0.1, 0.15) is 0 Å². The highest BCUT2D eigenvalue weighted by atomic mass is 79.9. The quantitative estimate of drug-likeness (QED) is 0.615. The number of nitrogens with two attached hydrogens (primary N) is 1. The first-order valence-corrected chi connectivity index (χ1v) is 4.81. The van der Waals surface area contributed by atoms with Crippen LogP contribution in [0.15, 0.2) is 27.2 Å². The van der Waals surface area contributed by atoms with Gasteiger partial charge in [0.2, 0.25) is 5.96 Å². The maximum absolute atomic E-state index is 5.74. The second kappa shape index (κ2) is 4.69. The third-order valence-electron chi connectivity index (χ3n) is 1.28. The predicted molar refractivity (Wildman–Crippen MR) is 60.3 cm³/mol. The van der Waals surface area contributed by atoms with E-state index in [1.807, 2.05) is 0 Å². The highest BCUT2D eigenvalue weighted by molar-refractivity contribution is 9.10. The fraction of sp³-hybridized carbons (Fsp3) is 0. The van der Waals surface area contributed by atoms with Gasteiger partial charge in [-0.2, -0.15) is 0 Å². The number of benzene rings is 1. The molecule has 1 aromatic carbocycles. The Bertz CT molecular complexity index is 341. The zero-order valence-corrected chi connectivity index (χ0v) is 9.49. The first-order valence-electron chi connectivity index (χ1n) is 3.30. The molecule has 0 saturated carbocycles. The van der Waals surface area contributed by atoms with Crippen LogP contribution < -0.4 is 11.1 Å². The van der Waals surface area contributed by atoms with Crippen molar-refractivity contribution in [2.24, 2.45) is 10.2 Å². The smallest absolute Gasteiger partial charge is 0.210 e. The zero-order valence-electron chi connectivity index (χ0n) is 6.39.